The van der Waals surface area contributed by atoms with E-state index in [9.17, 15) is 8.42 Å². The lowest BCUT2D eigenvalue weighted by Crippen LogP contribution is -2.35. The van der Waals surface area contributed by atoms with Crippen LogP contribution in [-0.4, -0.2) is 19.2 Å². The van der Waals surface area contributed by atoms with Gasteiger partial charge in [0.15, 0.2) is 0 Å². The van der Waals surface area contributed by atoms with Crippen molar-refractivity contribution in [3.63, 3.8) is 0 Å². The quantitative estimate of drug-likeness (QED) is 0.798. The van der Waals surface area contributed by atoms with E-state index in [0.717, 1.165) is 11.1 Å². The fourth-order valence-corrected chi connectivity index (χ4v) is 3.58. The van der Waals surface area contributed by atoms with Gasteiger partial charge in [-0.3, -0.25) is 0 Å². The average Bonchev–Trinajstić information content (AvgIpc) is 2.45. The minimum atomic E-state index is -3.59. The number of nitrogens with two attached hydrogens (primary N) is 1. The number of hydrogen-bond donors (Lipinski definition) is 2. The van der Waals surface area contributed by atoms with E-state index in [-0.39, 0.29) is 10.7 Å². The molecule has 0 atom stereocenters. The van der Waals surface area contributed by atoms with Crippen molar-refractivity contribution in [1.82, 2.24) is 4.72 Å². The molecule has 0 aliphatic heterocycles. The molecule has 0 bridgehead atoms. The van der Waals surface area contributed by atoms with Crippen LogP contribution in [0, 0.1) is 0 Å². The Morgan fingerprint density at radius 3 is 1.81 bits per heavy atom. The van der Waals surface area contributed by atoms with Gasteiger partial charge < -0.3 is 5.73 Å². The second-order valence-corrected chi connectivity index (χ2v) is 6.88. The van der Waals surface area contributed by atoms with Crippen LogP contribution in [0.4, 0.5) is 0 Å². The van der Waals surface area contributed by atoms with E-state index in [2.05, 4.69) is 16.9 Å². The van der Waals surface area contributed by atoms with Crippen LogP contribution >= 0.6 is 12.2 Å². The zero-order chi connectivity index (χ0) is 15.3. The molecule has 110 valence electrons. The standard InChI is InChI=1S/C15H16N2O2S2/c16-14(20)11-21(18,19)17-15(12-7-3-1-4-8-12)13-9-5-2-6-10-13/h1-10,15,17H,11H2,(H2,16,20). The third-order valence-electron chi connectivity index (χ3n) is 2.90. The van der Waals surface area contributed by atoms with Gasteiger partial charge in [-0.1, -0.05) is 72.9 Å². The second-order valence-electron chi connectivity index (χ2n) is 4.60. The third kappa shape index (κ3) is 4.63. The molecular weight excluding hydrogens is 304 g/mol. The summed E-state index contributed by atoms with van der Waals surface area (Å²) >= 11 is 4.69. The molecule has 0 spiro atoms. The van der Waals surface area contributed by atoms with Crippen LogP contribution in [0.5, 0.6) is 0 Å². The average molecular weight is 320 g/mol. The number of benzene rings is 2. The molecule has 0 aromatic heterocycles. The van der Waals surface area contributed by atoms with Gasteiger partial charge in [0.25, 0.3) is 0 Å². The lowest BCUT2D eigenvalue weighted by Gasteiger charge is -2.19. The Labute approximate surface area is 130 Å². The summed E-state index contributed by atoms with van der Waals surface area (Å²) in [5.41, 5.74) is 7.06. The Hall–Kier alpha value is -1.76. The smallest absolute Gasteiger partial charge is 0.218 e. The van der Waals surface area contributed by atoms with E-state index in [1.54, 1.807) is 0 Å². The Kier molecular flexibility index (Phi) is 5.06. The number of nitrogens with one attached hydrogen (secondary N) is 1. The van der Waals surface area contributed by atoms with E-state index < -0.39 is 16.1 Å². The highest BCUT2D eigenvalue weighted by Gasteiger charge is 2.21. The predicted octanol–water partition coefficient (Wildman–Crippen LogP) is 1.98. The topological polar surface area (TPSA) is 72.2 Å². The van der Waals surface area contributed by atoms with Crippen LogP contribution < -0.4 is 10.5 Å². The highest BCUT2D eigenvalue weighted by molar-refractivity contribution is 7.92. The second kappa shape index (κ2) is 6.80. The van der Waals surface area contributed by atoms with Gasteiger partial charge in [0, 0.05) is 0 Å². The summed E-state index contributed by atoms with van der Waals surface area (Å²) in [6, 6.07) is 18.3. The molecule has 4 nitrogen and oxygen atoms in total. The predicted molar refractivity (Wildman–Crippen MR) is 88.4 cm³/mol. The molecule has 0 radical (unpaired) electrons. The maximum atomic E-state index is 12.1. The maximum absolute atomic E-state index is 12.1. The van der Waals surface area contributed by atoms with Crippen molar-refractivity contribution in [3.05, 3.63) is 71.8 Å². The van der Waals surface area contributed by atoms with Crippen molar-refractivity contribution in [1.29, 1.82) is 0 Å². The van der Waals surface area contributed by atoms with Gasteiger partial charge in [0.05, 0.1) is 11.0 Å². The monoisotopic (exact) mass is 320 g/mol. The first-order chi connectivity index (χ1) is 9.98. The van der Waals surface area contributed by atoms with E-state index >= 15 is 0 Å². The summed E-state index contributed by atoms with van der Waals surface area (Å²) in [4.78, 5) is -0.0534. The lowest BCUT2D eigenvalue weighted by atomic mass is 10.00. The Balaban J connectivity index is 2.36. The minimum Gasteiger partial charge on any atom is -0.392 e. The third-order valence-corrected chi connectivity index (χ3v) is 4.51. The van der Waals surface area contributed by atoms with Crippen LogP contribution in [0.1, 0.15) is 17.2 Å². The Morgan fingerprint density at radius 2 is 1.43 bits per heavy atom. The maximum Gasteiger partial charge on any atom is 0.218 e. The molecule has 2 aromatic rings. The molecule has 2 aromatic carbocycles. The van der Waals surface area contributed by atoms with Crippen LogP contribution in [0.2, 0.25) is 0 Å². The molecule has 0 heterocycles. The van der Waals surface area contributed by atoms with Crippen LogP contribution in [-0.2, 0) is 10.0 Å². The number of rotatable bonds is 6. The van der Waals surface area contributed by atoms with E-state index in [0.29, 0.717) is 0 Å². The first kappa shape index (κ1) is 15.6. The first-order valence-corrected chi connectivity index (χ1v) is 8.42. The molecule has 0 unspecified atom stereocenters. The molecule has 6 heteroatoms. The Morgan fingerprint density at radius 1 is 1.00 bits per heavy atom. The lowest BCUT2D eigenvalue weighted by molar-refractivity contribution is 0.576. The molecule has 2 rings (SSSR count). The fourth-order valence-electron chi connectivity index (χ4n) is 2.03. The SMILES string of the molecule is NC(=S)CS(=O)(=O)NC(c1ccccc1)c1ccccc1. The Bertz CT molecular complexity index is 661. The molecule has 0 saturated heterocycles. The minimum absolute atomic E-state index is 0.0534. The summed E-state index contributed by atoms with van der Waals surface area (Å²) in [5, 5.41) is 0. The molecule has 21 heavy (non-hydrogen) atoms. The van der Waals surface area contributed by atoms with Crippen molar-refractivity contribution in [2.45, 2.75) is 6.04 Å². The van der Waals surface area contributed by atoms with E-state index in [1.165, 1.54) is 0 Å². The van der Waals surface area contributed by atoms with Crippen molar-refractivity contribution in [2.24, 2.45) is 5.73 Å². The molecular formula is C15H16N2O2S2. The highest BCUT2D eigenvalue weighted by Crippen LogP contribution is 2.22. The summed E-state index contributed by atoms with van der Waals surface area (Å²) in [7, 11) is -3.59. The first-order valence-electron chi connectivity index (χ1n) is 6.36. The van der Waals surface area contributed by atoms with Crippen molar-refractivity contribution in [3.8, 4) is 0 Å². The number of sulfonamides is 1. The largest absolute Gasteiger partial charge is 0.392 e. The van der Waals surface area contributed by atoms with Gasteiger partial charge in [0.2, 0.25) is 10.0 Å². The van der Waals surface area contributed by atoms with Gasteiger partial charge >= 0.3 is 0 Å². The van der Waals surface area contributed by atoms with Gasteiger partial charge in [-0.15, -0.1) is 0 Å². The number of thiocarbonyl (C=S) groups is 1. The zero-order valence-electron chi connectivity index (χ0n) is 11.3. The van der Waals surface area contributed by atoms with E-state index in [4.69, 9.17) is 5.73 Å². The fraction of sp³-hybridized carbons (Fsp3) is 0.133. The van der Waals surface area contributed by atoms with Crippen LogP contribution in [0.15, 0.2) is 60.7 Å². The number of hydrogen-bond acceptors (Lipinski definition) is 3. The molecule has 0 aliphatic carbocycles. The normalized spacial score (nSPS) is 11.5. The molecule has 0 aliphatic rings. The van der Waals surface area contributed by atoms with Crippen LogP contribution in [0.25, 0.3) is 0 Å². The molecule has 3 N–H and O–H groups in total. The highest BCUT2D eigenvalue weighted by atomic mass is 32.2. The van der Waals surface area contributed by atoms with Crippen molar-refractivity contribution < 1.29 is 8.42 Å². The van der Waals surface area contributed by atoms with E-state index in [1.807, 2.05) is 60.7 Å². The van der Waals surface area contributed by atoms with Gasteiger partial charge in [-0.2, -0.15) is 0 Å². The molecule has 0 saturated carbocycles. The zero-order valence-corrected chi connectivity index (χ0v) is 12.9. The molecule has 0 fully saturated rings. The van der Waals surface area contributed by atoms with Crippen molar-refractivity contribution in [2.75, 3.05) is 5.75 Å². The van der Waals surface area contributed by atoms with Gasteiger partial charge in [-0.05, 0) is 11.1 Å². The summed E-state index contributed by atoms with van der Waals surface area (Å²) < 4.78 is 26.9. The summed E-state index contributed by atoms with van der Waals surface area (Å²) in [6.45, 7) is 0. The summed E-state index contributed by atoms with van der Waals surface area (Å²) in [6.07, 6.45) is 0. The van der Waals surface area contributed by atoms with Gasteiger partial charge in [-0.25, -0.2) is 13.1 Å². The van der Waals surface area contributed by atoms with Crippen LogP contribution in [0.3, 0.4) is 0 Å². The van der Waals surface area contributed by atoms with Gasteiger partial charge in [0.1, 0.15) is 5.75 Å². The molecule has 0 amide bonds. The van der Waals surface area contributed by atoms with Crippen molar-refractivity contribution >= 4 is 27.2 Å². The summed E-state index contributed by atoms with van der Waals surface area (Å²) in [5.74, 6) is -0.363.